The van der Waals surface area contributed by atoms with E-state index in [1.807, 2.05) is 0 Å². The van der Waals surface area contributed by atoms with Gasteiger partial charge in [-0.1, -0.05) is 27.7 Å². The molecule has 0 aromatic carbocycles. The summed E-state index contributed by atoms with van der Waals surface area (Å²) < 4.78 is 0. The third kappa shape index (κ3) is 6.67. The number of carboxylic acid groups (broad SMARTS) is 1. The lowest BCUT2D eigenvalue weighted by atomic mass is 10.1. The zero-order valence-corrected chi connectivity index (χ0v) is 13.5. The summed E-state index contributed by atoms with van der Waals surface area (Å²) in [5.41, 5.74) is 0.807. The number of nitrogens with zero attached hydrogens (tertiary/aromatic N) is 3. The average molecular weight is 293 g/mol. The SMILES string of the molecule is CC(C)CCN(CCC(C)C)Cc1ncncc1C(=O)O. The molecule has 1 aromatic heterocycles. The van der Waals surface area contributed by atoms with Crippen LogP contribution >= 0.6 is 0 Å². The lowest BCUT2D eigenvalue weighted by Gasteiger charge is -2.24. The van der Waals surface area contributed by atoms with E-state index in [0.29, 0.717) is 24.1 Å². The highest BCUT2D eigenvalue weighted by atomic mass is 16.4. The van der Waals surface area contributed by atoms with Crippen molar-refractivity contribution < 1.29 is 9.90 Å². The first-order chi connectivity index (χ1) is 9.90. The Balaban J connectivity index is 2.76. The third-order valence-electron chi connectivity index (χ3n) is 3.44. The molecule has 0 fully saturated rings. The highest BCUT2D eigenvalue weighted by Crippen LogP contribution is 2.12. The Morgan fingerprint density at radius 1 is 1.19 bits per heavy atom. The van der Waals surface area contributed by atoms with Gasteiger partial charge in [-0.25, -0.2) is 14.8 Å². The minimum atomic E-state index is -0.960. The maximum atomic E-state index is 11.2. The Bertz CT molecular complexity index is 435. The molecule has 0 aliphatic heterocycles. The second-order valence-electron chi connectivity index (χ2n) is 6.33. The molecule has 5 nitrogen and oxygen atoms in total. The summed E-state index contributed by atoms with van der Waals surface area (Å²) in [6.45, 7) is 11.3. The first-order valence-corrected chi connectivity index (χ1v) is 7.64. The summed E-state index contributed by atoms with van der Waals surface area (Å²) >= 11 is 0. The van der Waals surface area contributed by atoms with Crippen LogP contribution in [0.25, 0.3) is 0 Å². The lowest BCUT2D eigenvalue weighted by molar-refractivity contribution is 0.0693. The minimum Gasteiger partial charge on any atom is -0.478 e. The molecular weight excluding hydrogens is 266 g/mol. The standard InChI is InChI=1S/C16H27N3O2/c1-12(2)5-7-19(8-6-13(3)4)10-15-14(16(20)21)9-17-11-18-15/h9,11-13H,5-8,10H2,1-4H3,(H,20,21). The summed E-state index contributed by atoms with van der Waals surface area (Å²) in [4.78, 5) is 21.5. The van der Waals surface area contributed by atoms with Crippen molar-refractivity contribution in [2.45, 2.75) is 47.1 Å². The maximum absolute atomic E-state index is 11.2. The van der Waals surface area contributed by atoms with Crippen molar-refractivity contribution in [1.29, 1.82) is 0 Å². The van der Waals surface area contributed by atoms with Crippen molar-refractivity contribution in [3.8, 4) is 0 Å². The van der Waals surface area contributed by atoms with Gasteiger partial charge in [-0.2, -0.15) is 0 Å². The molecule has 0 spiro atoms. The van der Waals surface area contributed by atoms with Crippen molar-refractivity contribution in [3.05, 3.63) is 23.8 Å². The maximum Gasteiger partial charge on any atom is 0.339 e. The molecule has 0 amide bonds. The Labute approximate surface area is 127 Å². The molecule has 1 rings (SSSR count). The van der Waals surface area contributed by atoms with Gasteiger partial charge in [-0.05, 0) is 37.8 Å². The highest BCUT2D eigenvalue weighted by Gasteiger charge is 2.15. The number of aromatic carboxylic acids is 1. The number of rotatable bonds is 9. The second-order valence-corrected chi connectivity index (χ2v) is 6.33. The Morgan fingerprint density at radius 2 is 1.76 bits per heavy atom. The van der Waals surface area contributed by atoms with Crippen LogP contribution in [0.15, 0.2) is 12.5 Å². The van der Waals surface area contributed by atoms with Crippen molar-refractivity contribution in [2.24, 2.45) is 11.8 Å². The fourth-order valence-corrected chi connectivity index (χ4v) is 2.02. The summed E-state index contributed by atoms with van der Waals surface area (Å²) in [6.07, 6.45) is 5.01. The first-order valence-electron chi connectivity index (χ1n) is 7.64. The Morgan fingerprint density at radius 3 is 2.24 bits per heavy atom. The monoisotopic (exact) mass is 293 g/mol. The van der Waals surface area contributed by atoms with E-state index in [9.17, 15) is 9.90 Å². The minimum absolute atomic E-state index is 0.205. The molecule has 0 unspecified atom stereocenters. The van der Waals surface area contributed by atoms with Gasteiger partial charge in [0, 0.05) is 12.7 Å². The van der Waals surface area contributed by atoms with Gasteiger partial charge in [0.1, 0.15) is 11.9 Å². The summed E-state index contributed by atoms with van der Waals surface area (Å²) in [7, 11) is 0. The molecule has 5 heteroatoms. The molecule has 0 radical (unpaired) electrons. The van der Waals surface area contributed by atoms with E-state index in [1.165, 1.54) is 12.5 Å². The number of aromatic nitrogens is 2. The summed E-state index contributed by atoms with van der Waals surface area (Å²) in [5, 5.41) is 9.22. The molecular formula is C16H27N3O2. The van der Waals surface area contributed by atoms with Crippen molar-refractivity contribution >= 4 is 5.97 Å². The molecule has 1 heterocycles. The van der Waals surface area contributed by atoms with Crippen LogP contribution in [-0.4, -0.2) is 39.0 Å². The molecule has 0 atom stereocenters. The first kappa shape index (κ1) is 17.6. The predicted molar refractivity (Wildman–Crippen MR) is 83.2 cm³/mol. The molecule has 118 valence electrons. The largest absolute Gasteiger partial charge is 0.478 e. The predicted octanol–water partition coefficient (Wildman–Crippen LogP) is 3.07. The van der Waals surface area contributed by atoms with Crippen LogP contribution < -0.4 is 0 Å². The number of carbonyl (C=O) groups is 1. The zero-order valence-electron chi connectivity index (χ0n) is 13.5. The van der Waals surface area contributed by atoms with Crippen LogP contribution in [0.3, 0.4) is 0 Å². The number of hydrogen-bond acceptors (Lipinski definition) is 4. The van der Waals surface area contributed by atoms with Crippen molar-refractivity contribution in [3.63, 3.8) is 0 Å². The second kappa shape index (κ2) is 8.72. The normalized spacial score (nSPS) is 11.6. The topological polar surface area (TPSA) is 66.3 Å². The van der Waals surface area contributed by atoms with Crippen molar-refractivity contribution in [2.75, 3.05) is 13.1 Å². The van der Waals surface area contributed by atoms with Crippen LogP contribution in [0.2, 0.25) is 0 Å². The molecule has 1 aromatic rings. The lowest BCUT2D eigenvalue weighted by Crippen LogP contribution is -2.28. The Hall–Kier alpha value is -1.49. The van der Waals surface area contributed by atoms with Gasteiger partial charge < -0.3 is 5.11 Å². The molecule has 0 aliphatic carbocycles. The van der Waals surface area contributed by atoms with Crippen LogP contribution in [0, 0.1) is 11.8 Å². The smallest absolute Gasteiger partial charge is 0.339 e. The molecule has 0 aliphatic rings. The van der Waals surface area contributed by atoms with E-state index in [0.717, 1.165) is 25.9 Å². The number of hydrogen-bond donors (Lipinski definition) is 1. The molecule has 21 heavy (non-hydrogen) atoms. The van der Waals surface area contributed by atoms with Crippen LogP contribution in [0.4, 0.5) is 0 Å². The average Bonchev–Trinajstić information content (AvgIpc) is 2.41. The van der Waals surface area contributed by atoms with Crippen LogP contribution in [0.1, 0.15) is 56.6 Å². The van der Waals surface area contributed by atoms with Gasteiger partial charge in [0.05, 0.1) is 5.69 Å². The van der Waals surface area contributed by atoms with Gasteiger partial charge in [-0.3, -0.25) is 4.90 Å². The van der Waals surface area contributed by atoms with Crippen molar-refractivity contribution in [1.82, 2.24) is 14.9 Å². The number of carboxylic acids is 1. The fraction of sp³-hybridized carbons (Fsp3) is 0.688. The van der Waals surface area contributed by atoms with E-state index in [4.69, 9.17) is 0 Å². The Kier molecular flexibility index (Phi) is 7.29. The van der Waals surface area contributed by atoms with E-state index in [1.54, 1.807) is 0 Å². The van der Waals surface area contributed by atoms with Gasteiger partial charge in [0.25, 0.3) is 0 Å². The van der Waals surface area contributed by atoms with Crippen LogP contribution in [-0.2, 0) is 6.54 Å². The summed E-state index contributed by atoms with van der Waals surface area (Å²) in [6, 6.07) is 0. The highest BCUT2D eigenvalue weighted by molar-refractivity contribution is 5.88. The van der Waals surface area contributed by atoms with E-state index in [2.05, 4.69) is 42.6 Å². The fourth-order valence-electron chi connectivity index (χ4n) is 2.02. The van der Waals surface area contributed by atoms with Gasteiger partial charge in [0.15, 0.2) is 0 Å². The molecule has 0 saturated carbocycles. The summed E-state index contributed by atoms with van der Waals surface area (Å²) in [5.74, 6) is 0.310. The molecule has 0 saturated heterocycles. The van der Waals surface area contributed by atoms with E-state index >= 15 is 0 Å². The third-order valence-corrected chi connectivity index (χ3v) is 3.44. The van der Waals surface area contributed by atoms with Gasteiger partial charge >= 0.3 is 5.97 Å². The van der Waals surface area contributed by atoms with Gasteiger partial charge in [-0.15, -0.1) is 0 Å². The quantitative estimate of drug-likeness (QED) is 0.758. The zero-order chi connectivity index (χ0) is 15.8. The van der Waals surface area contributed by atoms with E-state index in [-0.39, 0.29) is 5.56 Å². The molecule has 1 N–H and O–H groups in total. The van der Waals surface area contributed by atoms with Gasteiger partial charge in [0.2, 0.25) is 0 Å². The molecule has 0 bridgehead atoms. The van der Waals surface area contributed by atoms with E-state index < -0.39 is 5.97 Å². The van der Waals surface area contributed by atoms with Crippen LogP contribution in [0.5, 0.6) is 0 Å².